The Morgan fingerprint density at radius 2 is 1.54 bits per heavy atom. The van der Waals surface area contributed by atoms with Crippen molar-refractivity contribution in [2.45, 2.75) is 6.42 Å². The summed E-state index contributed by atoms with van der Waals surface area (Å²) in [4.78, 5) is 16.3. The van der Waals surface area contributed by atoms with Gasteiger partial charge in [-0.15, -0.1) is 0 Å². The van der Waals surface area contributed by atoms with Crippen LogP contribution in [0.3, 0.4) is 0 Å². The Morgan fingerprint density at radius 3 is 2.31 bits per heavy atom. The van der Waals surface area contributed by atoms with Crippen LogP contribution in [0.5, 0.6) is 0 Å². The highest BCUT2D eigenvalue weighted by atomic mass is 19.1. The molecule has 0 unspecified atom stereocenters. The number of para-hydroxylation sites is 1. The number of nitrogens with one attached hydrogen (secondary N) is 1. The molecule has 1 heterocycles. The van der Waals surface area contributed by atoms with Crippen LogP contribution in [0.1, 0.15) is 11.1 Å². The summed E-state index contributed by atoms with van der Waals surface area (Å²) in [6.07, 6.45) is 0.254. The molecule has 1 aromatic heterocycles. The molecule has 26 heavy (non-hydrogen) atoms. The van der Waals surface area contributed by atoms with Gasteiger partial charge in [0.2, 0.25) is 0 Å². The molecule has 0 aliphatic carbocycles. The monoisotopic (exact) mass is 347 g/mol. The first-order valence-corrected chi connectivity index (χ1v) is 8.26. The summed E-state index contributed by atoms with van der Waals surface area (Å²) >= 11 is 0. The van der Waals surface area contributed by atoms with Gasteiger partial charge in [-0.05, 0) is 42.0 Å². The van der Waals surface area contributed by atoms with Gasteiger partial charge in [0.25, 0.3) is 0 Å². The number of pyridine rings is 1. The molecule has 0 bridgehead atoms. The fraction of sp³-hybridized carbons (Fsp3) is 0.0455. The highest BCUT2D eigenvalue weighted by molar-refractivity contribution is 5.83. The van der Waals surface area contributed by atoms with E-state index in [0.717, 1.165) is 0 Å². The van der Waals surface area contributed by atoms with Crippen LogP contribution in [0, 0.1) is 11.6 Å². The smallest absolute Gasteiger partial charge is 0.193 e. The van der Waals surface area contributed by atoms with E-state index in [-0.39, 0.29) is 23.5 Å². The van der Waals surface area contributed by atoms with Gasteiger partial charge in [0.1, 0.15) is 11.6 Å². The number of fused-ring (bicyclic) bond motifs is 1. The predicted octanol–water partition coefficient (Wildman–Crippen LogP) is 5.06. The molecule has 4 heteroatoms. The number of H-pyrrole nitrogens is 1. The second kappa shape index (κ2) is 6.56. The van der Waals surface area contributed by atoms with Gasteiger partial charge in [0.05, 0.1) is 5.69 Å². The van der Waals surface area contributed by atoms with Crippen LogP contribution in [-0.4, -0.2) is 4.98 Å². The van der Waals surface area contributed by atoms with Crippen molar-refractivity contribution < 1.29 is 8.78 Å². The lowest BCUT2D eigenvalue weighted by Gasteiger charge is -2.12. The maximum absolute atomic E-state index is 13.7. The van der Waals surface area contributed by atoms with Gasteiger partial charge in [-0.1, -0.05) is 36.4 Å². The molecular formula is C22H15F2NO. The molecule has 0 fully saturated rings. The molecule has 2 nitrogen and oxygen atoms in total. The molecule has 0 aliphatic heterocycles. The Labute approximate surface area is 148 Å². The Balaban J connectivity index is 1.98. The van der Waals surface area contributed by atoms with Gasteiger partial charge < -0.3 is 4.98 Å². The Bertz CT molecular complexity index is 1160. The third-order valence-corrected chi connectivity index (χ3v) is 4.39. The van der Waals surface area contributed by atoms with Crippen molar-refractivity contribution >= 4 is 10.9 Å². The van der Waals surface area contributed by atoms with E-state index in [1.165, 1.54) is 24.3 Å². The first-order valence-electron chi connectivity index (χ1n) is 8.26. The van der Waals surface area contributed by atoms with Gasteiger partial charge in [-0.3, -0.25) is 4.79 Å². The van der Waals surface area contributed by atoms with Crippen molar-refractivity contribution in [2.75, 3.05) is 0 Å². The minimum absolute atomic E-state index is 0.136. The van der Waals surface area contributed by atoms with Crippen molar-refractivity contribution in [3.8, 4) is 11.3 Å². The fourth-order valence-electron chi connectivity index (χ4n) is 3.19. The number of halogens is 2. The molecule has 0 amide bonds. The lowest BCUT2D eigenvalue weighted by molar-refractivity contribution is 0.626. The van der Waals surface area contributed by atoms with Gasteiger partial charge in [-0.25, -0.2) is 8.78 Å². The number of aromatic amines is 1. The van der Waals surface area contributed by atoms with Crippen LogP contribution in [-0.2, 0) is 6.42 Å². The molecule has 3 aromatic carbocycles. The fourth-order valence-corrected chi connectivity index (χ4v) is 3.19. The maximum atomic E-state index is 13.7. The van der Waals surface area contributed by atoms with Crippen LogP contribution in [0.4, 0.5) is 8.78 Å². The quantitative estimate of drug-likeness (QED) is 0.552. The molecule has 128 valence electrons. The van der Waals surface area contributed by atoms with Crippen LogP contribution in [0.2, 0.25) is 0 Å². The van der Waals surface area contributed by atoms with E-state index in [1.54, 1.807) is 36.4 Å². The number of hydrogen-bond acceptors (Lipinski definition) is 1. The van der Waals surface area contributed by atoms with E-state index in [4.69, 9.17) is 0 Å². The average molecular weight is 347 g/mol. The van der Waals surface area contributed by atoms with Crippen molar-refractivity contribution in [2.24, 2.45) is 0 Å². The molecule has 0 aliphatic rings. The highest BCUT2D eigenvalue weighted by Crippen LogP contribution is 2.25. The van der Waals surface area contributed by atoms with E-state index in [1.807, 2.05) is 12.1 Å². The van der Waals surface area contributed by atoms with Crippen molar-refractivity contribution in [1.82, 2.24) is 4.98 Å². The maximum Gasteiger partial charge on any atom is 0.193 e. The lowest BCUT2D eigenvalue weighted by atomic mass is 9.97. The average Bonchev–Trinajstić information content (AvgIpc) is 2.64. The first-order chi connectivity index (χ1) is 12.6. The van der Waals surface area contributed by atoms with Gasteiger partial charge in [-0.2, -0.15) is 0 Å². The summed E-state index contributed by atoms with van der Waals surface area (Å²) in [6, 6.07) is 19.4. The summed E-state index contributed by atoms with van der Waals surface area (Å²) in [7, 11) is 0. The highest BCUT2D eigenvalue weighted by Gasteiger charge is 2.15. The summed E-state index contributed by atoms with van der Waals surface area (Å²) in [5.41, 5.74) is 2.85. The Morgan fingerprint density at radius 1 is 0.808 bits per heavy atom. The Hall–Kier alpha value is -3.27. The minimum atomic E-state index is -0.381. The number of rotatable bonds is 3. The normalized spacial score (nSPS) is 11.0. The largest absolute Gasteiger partial charge is 0.354 e. The molecule has 0 saturated heterocycles. The zero-order valence-corrected chi connectivity index (χ0v) is 13.8. The topological polar surface area (TPSA) is 32.9 Å². The molecule has 0 atom stereocenters. The van der Waals surface area contributed by atoms with E-state index in [2.05, 4.69) is 4.98 Å². The van der Waals surface area contributed by atoms with Crippen molar-refractivity contribution in [1.29, 1.82) is 0 Å². The molecule has 0 saturated carbocycles. The number of benzene rings is 3. The van der Waals surface area contributed by atoms with Crippen LogP contribution in [0.25, 0.3) is 22.2 Å². The molecule has 1 N–H and O–H groups in total. The second-order valence-electron chi connectivity index (χ2n) is 6.17. The second-order valence-corrected chi connectivity index (χ2v) is 6.17. The summed E-state index contributed by atoms with van der Waals surface area (Å²) < 4.78 is 27.3. The first kappa shape index (κ1) is 16.2. The van der Waals surface area contributed by atoms with Crippen molar-refractivity contribution in [3.63, 3.8) is 0 Å². The minimum Gasteiger partial charge on any atom is -0.354 e. The van der Waals surface area contributed by atoms with Gasteiger partial charge >= 0.3 is 0 Å². The molecular weight excluding hydrogens is 332 g/mol. The number of hydrogen-bond donors (Lipinski definition) is 1. The van der Waals surface area contributed by atoms with Crippen LogP contribution in [0.15, 0.2) is 77.6 Å². The van der Waals surface area contributed by atoms with E-state index < -0.39 is 0 Å². The van der Waals surface area contributed by atoms with E-state index in [9.17, 15) is 13.6 Å². The molecule has 0 radical (unpaired) electrons. The number of aromatic nitrogens is 1. The summed E-state index contributed by atoms with van der Waals surface area (Å²) in [5, 5.41) is 0.555. The predicted molar refractivity (Wildman–Crippen MR) is 99.2 cm³/mol. The molecule has 0 spiro atoms. The van der Waals surface area contributed by atoms with Crippen LogP contribution >= 0.6 is 0 Å². The summed E-state index contributed by atoms with van der Waals surface area (Å²) in [5.74, 6) is -0.736. The van der Waals surface area contributed by atoms with E-state index >= 15 is 0 Å². The zero-order chi connectivity index (χ0) is 18.1. The Kier molecular flexibility index (Phi) is 4.09. The molecule has 4 rings (SSSR count). The lowest BCUT2D eigenvalue weighted by Crippen LogP contribution is -2.13. The van der Waals surface area contributed by atoms with Gasteiger partial charge in [0.15, 0.2) is 5.43 Å². The van der Waals surface area contributed by atoms with Crippen molar-refractivity contribution in [3.05, 3.63) is 106 Å². The summed E-state index contributed by atoms with van der Waals surface area (Å²) in [6.45, 7) is 0. The standard InChI is InChI=1S/C22H15F2NO/c23-16-7-3-5-14(11-16)12-19-21(15-6-4-8-17(24)13-15)25-20-10-2-1-9-18(20)22(19)26/h1-11,13H,12H2,(H,25,26). The SMILES string of the molecule is O=c1c(Cc2cccc(F)c2)c(-c2cccc(F)c2)[nH]c2ccccc12. The van der Waals surface area contributed by atoms with Gasteiger partial charge in [0, 0.05) is 28.5 Å². The molecule has 4 aromatic rings. The third-order valence-electron chi connectivity index (χ3n) is 4.39. The zero-order valence-electron chi connectivity index (χ0n) is 13.8. The third kappa shape index (κ3) is 3.02. The van der Waals surface area contributed by atoms with E-state index in [0.29, 0.717) is 33.3 Å². The van der Waals surface area contributed by atoms with Crippen LogP contribution < -0.4 is 5.43 Å².